The lowest BCUT2D eigenvalue weighted by molar-refractivity contribution is 0.131. The smallest absolute Gasteiger partial charge is 0.145 e. The quantitative estimate of drug-likeness (QED) is 0.426. The van der Waals surface area contributed by atoms with E-state index in [2.05, 4.69) is 20.3 Å². The van der Waals surface area contributed by atoms with Crippen molar-refractivity contribution in [2.75, 3.05) is 37.1 Å². The normalized spacial score (nSPS) is 18.1. The van der Waals surface area contributed by atoms with Crippen LogP contribution < -0.4 is 16.2 Å². The van der Waals surface area contributed by atoms with Gasteiger partial charge in [-0.2, -0.15) is 0 Å². The van der Waals surface area contributed by atoms with Crippen LogP contribution in [0.3, 0.4) is 0 Å². The first kappa shape index (κ1) is 13.6. The Hall–Kier alpha value is -1.40. The molecule has 3 N–H and O–H groups in total. The van der Waals surface area contributed by atoms with Crippen LogP contribution in [0.2, 0.25) is 0 Å². The van der Waals surface area contributed by atoms with E-state index in [0.29, 0.717) is 11.7 Å². The van der Waals surface area contributed by atoms with E-state index in [9.17, 15) is 0 Å². The first-order valence-electron chi connectivity index (χ1n) is 7.40. The molecule has 0 unspecified atom stereocenters. The van der Waals surface area contributed by atoms with Gasteiger partial charge in [0.25, 0.3) is 0 Å². The van der Waals surface area contributed by atoms with Crippen molar-refractivity contribution in [3.05, 3.63) is 11.9 Å². The van der Waals surface area contributed by atoms with Gasteiger partial charge in [0.05, 0.1) is 6.61 Å². The average Bonchev–Trinajstić information content (AvgIpc) is 3.35. The Labute approximate surface area is 119 Å². The summed E-state index contributed by atoms with van der Waals surface area (Å²) in [6.45, 7) is 2.47. The van der Waals surface area contributed by atoms with Crippen molar-refractivity contribution in [2.24, 2.45) is 11.8 Å². The van der Waals surface area contributed by atoms with Crippen LogP contribution in [0.5, 0.6) is 0 Å². The van der Waals surface area contributed by atoms with Gasteiger partial charge in [-0.3, -0.25) is 0 Å². The average molecular weight is 277 g/mol. The molecular formula is C14H23N5O. The highest BCUT2D eigenvalue weighted by atomic mass is 16.5. The Morgan fingerprint density at radius 2 is 2.15 bits per heavy atom. The van der Waals surface area contributed by atoms with Crippen molar-refractivity contribution in [3.63, 3.8) is 0 Å². The lowest BCUT2D eigenvalue weighted by Gasteiger charge is -2.19. The van der Waals surface area contributed by atoms with E-state index in [4.69, 9.17) is 10.6 Å². The molecule has 6 heteroatoms. The molecule has 2 aliphatic rings. The second-order valence-electron chi connectivity index (χ2n) is 5.83. The molecule has 3 rings (SSSR count). The van der Waals surface area contributed by atoms with Crippen LogP contribution in [0, 0.1) is 5.92 Å². The third kappa shape index (κ3) is 3.58. The van der Waals surface area contributed by atoms with Gasteiger partial charge in [0.1, 0.15) is 17.5 Å². The number of nitrogen functional groups attached to an aromatic ring is 1. The van der Waals surface area contributed by atoms with E-state index in [0.717, 1.165) is 37.3 Å². The molecule has 0 bridgehead atoms. The first-order valence-corrected chi connectivity index (χ1v) is 7.40. The van der Waals surface area contributed by atoms with Crippen LogP contribution in [0.1, 0.15) is 37.4 Å². The van der Waals surface area contributed by atoms with Gasteiger partial charge in [0, 0.05) is 32.2 Å². The highest BCUT2D eigenvalue weighted by Crippen LogP contribution is 2.39. The lowest BCUT2D eigenvalue weighted by Crippen LogP contribution is -2.25. The SMILES string of the molecule is CN(CCOCC1CC1)c1cc(NN)nc(C2CC2)n1. The number of rotatable bonds is 8. The summed E-state index contributed by atoms with van der Waals surface area (Å²) in [6, 6.07) is 1.88. The molecule has 0 atom stereocenters. The fourth-order valence-corrected chi connectivity index (χ4v) is 2.10. The highest BCUT2D eigenvalue weighted by molar-refractivity contribution is 5.49. The predicted octanol–water partition coefficient (Wildman–Crippen LogP) is 1.50. The molecule has 1 heterocycles. The number of likely N-dealkylation sites (N-methyl/N-ethyl adjacent to an activating group) is 1. The van der Waals surface area contributed by atoms with Crippen LogP contribution in [-0.2, 0) is 4.74 Å². The van der Waals surface area contributed by atoms with E-state index >= 15 is 0 Å². The molecular weight excluding hydrogens is 254 g/mol. The Kier molecular flexibility index (Phi) is 4.03. The Morgan fingerprint density at radius 3 is 2.80 bits per heavy atom. The minimum Gasteiger partial charge on any atom is -0.379 e. The zero-order valence-corrected chi connectivity index (χ0v) is 12.0. The van der Waals surface area contributed by atoms with E-state index in [1.165, 1.54) is 25.7 Å². The van der Waals surface area contributed by atoms with Crippen LogP contribution in [-0.4, -0.2) is 36.8 Å². The van der Waals surface area contributed by atoms with Gasteiger partial charge in [-0.25, -0.2) is 15.8 Å². The Morgan fingerprint density at radius 1 is 1.35 bits per heavy atom. The van der Waals surface area contributed by atoms with Gasteiger partial charge in [-0.05, 0) is 31.6 Å². The molecule has 6 nitrogen and oxygen atoms in total. The molecule has 0 aromatic carbocycles. The van der Waals surface area contributed by atoms with Gasteiger partial charge in [-0.1, -0.05) is 0 Å². The number of nitrogens with zero attached hydrogens (tertiary/aromatic N) is 3. The molecule has 0 aliphatic heterocycles. The molecule has 1 aromatic rings. The van der Waals surface area contributed by atoms with Crippen molar-refractivity contribution in [1.29, 1.82) is 0 Å². The number of hydrazine groups is 1. The fraction of sp³-hybridized carbons (Fsp3) is 0.714. The van der Waals surface area contributed by atoms with Crippen LogP contribution in [0.15, 0.2) is 6.07 Å². The maximum absolute atomic E-state index is 5.67. The molecule has 0 amide bonds. The van der Waals surface area contributed by atoms with Crippen molar-refractivity contribution in [3.8, 4) is 0 Å². The number of anilines is 2. The zero-order valence-electron chi connectivity index (χ0n) is 12.0. The van der Waals surface area contributed by atoms with Crippen LogP contribution in [0.4, 0.5) is 11.6 Å². The van der Waals surface area contributed by atoms with Crippen molar-refractivity contribution in [2.45, 2.75) is 31.6 Å². The molecule has 0 radical (unpaired) electrons. The van der Waals surface area contributed by atoms with Crippen molar-refractivity contribution >= 4 is 11.6 Å². The van der Waals surface area contributed by atoms with Gasteiger partial charge in [0.2, 0.25) is 0 Å². The summed E-state index contributed by atoms with van der Waals surface area (Å²) in [6.07, 6.45) is 5.03. The van der Waals surface area contributed by atoms with Crippen molar-refractivity contribution < 1.29 is 4.74 Å². The van der Waals surface area contributed by atoms with E-state index in [1.54, 1.807) is 0 Å². The van der Waals surface area contributed by atoms with Gasteiger partial charge < -0.3 is 15.1 Å². The maximum Gasteiger partial charge on any atom is 0.145 e. The molecule has 2 saturated carbocycles. The molecule has 0 spiro atoms. The standard InChI is InChI=1S/C14H23N5O/c1-19(6-7-20-9-10-2-3-10)13-8-12(18-15)16-14(17-13)11-4-5-11/h8,10-11H,2-7,9,15H2,1H3,(H,16,17,18). The summed E-state index contributed by atoms with van der Waals surface area (Å²) in [5.74, 6) is 9.31. The summed E-state index contributed by atoms with van der Waals surface area (Å²) >= 11 is 0. The largest absolute Gasteiger partial charge is 0.379 e. The number of hydrogen-bond acceptors (Lipinski definition) is 6. The van der Waals surface area contributed by atoms with E-state index in [-0.39, 0.29) is 0 Å². The summed E-state index contributed by atoms with van der Waals surface area (Å²) in [5.41, 5.74) is 2.63. The van der Waals surface area contributed by atoms with Gasteiger partial charge in [-0.15, -0.1) is 0 Å². The number of hydrogen-bond donors (Lipinski definition) is 2. The van der Waals surface area contributed by atoms with Crippen molar-refractivity contribution in [1.82, 2.24) is 9.97 Å². The molecule has 2 fully saturated rings. The second kappa shape index (κ2) is 5.93. The number of nitrogens with two attached hydrogens (primary N) is 1. The molecule has 110 valence electrons. The third-order valence-corrected chi connectivity index (χ3v) is 3.83. The topological polar surface area (TPSA) is 76.3 Å². The van der Waals surface area contributed by atoms with E-state index in [1.807, 2.05) is 13.1 Å². The first-order chi connectivity index (χ1) is 9.76. The zero-order chi connectivity index (χ0) is 13.9. The molecule has 2 aliphatic carbocycles. The third-order valence-electron chi connectivity index (χ3n) is 3.83. The number of aromatic nitrogens is 2. The van der Waals surface area contributed by atoms with Gasteiger partial charge >= 0.3 is 0 Å². The second-order valence-corrected chi connectivity index (χ2v) is 5.83. The Balaban J connectivity index is 1.57. The van der Waals surface area contributed by atoms with E-state index < -0.39 is 0 Å². The Bertz CT molecular complexity index is 459. The number of ether oxygens (including phenoxy) is 1. The summed E-state index contributed by atoms with van der Waals surface area (Å²) < 4.78 is 5.67. The highest BCUT2D eigenvalue weighted by Gasteiger charge is 2.27. The monoisotopic (exact) mass is 277 g/mol. The molecule has 20 heavy (non-hydrogen) atoms. The summed E-state index contributed by atoms with van der Waals surface area (Å²) in [4.78, 5) is 11.2. The molecule has 1 aromatic heterocycles. The maximum atomic E-state index is 5.67. The lowest BCUT2D eigenvalue weighted by atomic mass is 10.3. The summed E-state index contributed by atoms with van der Waals surface area (Å²) in [7, 11) is 2.03. The van der Waals surface area contributed by atoms with Gasteiger partial charge in [0.15, 0.2) is 0 Å². The minimum absolute atomic E-state index is 0.515. The molecule has 0 saturated heterocycles. The predicted molar refractivity (Wildman–Crippen MR) is 78.6 cm³/mol. The minimum atomic E-state index is 0.515. The van der Waals surface area contributed by atoms with Crippen LogP contribution >= 0.6 is 0 Å². The summed E-state index contributed by atoms with van der Waals surface area (Å²) in [5, 5.41) is 0. The number of nitrogens with one attached hydrogen (secondary N) is 1. The fourth-order valence-electron chi connectivity index (χ4n) is 2.10. The van der Waals surface area contributed by atoms with Crippen LogP contribution in [0.25, 0.3) is 0 Å².